The van der Waals surface area contributed by atoms with E-state index in [0.717, 1.165) is 0 Å². The molecule has 96 valence electrons. The van der Waals surface area contributed by atoms with Crippen molar-refractivity contribution in [3.63, 3.8) is 0 Å². The van der Waals surface area contributed by atoms with Gasteiger partial charge in [-0.25, -0.2) is 8.78 Å². The second-order valence-electron chi connectivity index (χ2n) is 4.95. The summed E-state index contributed by atoms with van der Waals surface area (Å²) in [5.41, 5.74) is -0.688. The molecule has 0 saturated heterocycles. The van der Waals surface area contributed by atoms with Crippen molar-refractivity contribution >= 4 is 11.6 Å². The topological polar surface area (TPSA) is 30.7 Å². The van der Waals surface area contributed by atoms with E-state index >= 15 is 0 Å². The van der Waals surface area contributed by atoms with E-state index in [1.165, 1.54) is 22.8 Å². The van der Waals surface area contributed by atoms with Gasteiger partial charge in [0, 0.05) is 5.41 Å². The van der Waals surface area contributed by atoms with E-state index in [9.17, 15) is 8.78 Å². The summed E-state index contributed by atoms with van der Waals surface area (Å²) in [5.74, 6) is -1.01. The molecule has 0 aliphatic carbocycles. The van der Waals surface area contributed by atoms with Gasteiger partial charge in [-0.1, -0.05) is 26.8 Å². The van der Waals surface area contributed by atoms with E-state index in [-0.39, 0.29) is 11.0 Å². The van der Waals surface area contributed by atoms with E-state index in [1.807, 2.05) is 20.8 Å². The average Bonchev–Trinajstić information content (AvgIpc) is 2.60. The molecule has 0 fully saturated rings. The third-order valence-corrected chi connectivity index (χ3v) is 2.70. The van der Waals surface area contributed by atoms with Gasteiger partial charge in [0.15, 0.2) is 0 Å². The number of hydrogen-bond donors (Lipinski definition) is 0. The van der Waals surface area contributed by atoms with Crippen LogP contribution in [0.2, 0.25) is 5.28 Å². The number of aromatic nitrogens is 3. The van der Waals surface area contributed by atoms with E-state index < -0.39 is 17.0 Å². The maximum absolute atomic E-state index is 13.8. The van der Waals surface area contributed by atoms with E-state index in [0.29, 0.717) is 5.82 Å². The second kappa shape index (κ2) is 4.31. The highest BCUT2D eigenvalue weighted by molar-refractivity contribution is 6.28. The lowest BCUT2D eigenvalue weighted by atomic mass is 9.95. The van der Waals surface area contributed by atoms with Crippen molar-refractivity contribution in [2.24, 2.45) is 0 Å². The molecule has 1 heterocycles. The standard InChI is InChI=1S/C12H12ClF2N3/c1-12(2,3)10-16-17-11(13)18(10)9-7(14)5-4-6-8(9)15/h4-6H,1-3H3. The zero-order valence-corrected chi connectivity index (χ0v) is 11.0. The summed E-state index contributed by atoms with van der Waals surface area (Å²) in [6.45, 7) is 5.59. The van der Waals surface area contributed by atoms with E-state index in [2.05, 4.69) is 10.2 Å². The number of hydrogen-bond acceptors (Lipinski definition) is 2. The molecule has 0 saturated carbocycles. The predicted molar refractivity (Wildman–Crippen MR) is 65.0 cm³/mol. The van der Waals surface area contributed by atoms with Crippen LogP contribution in [0.5, 0.6) is 0 Å². The van der Waals surface area contributed by atoms with Crippen LogP contribution in [0.3, 0.4) is 0 Å². The van der Waals surface area contributed by atoms with Gasteiger partial charge >= 0.3 is 0 Å². The highest BCUT2D eigenvalue weighted by atomic mass is 35.5. The third kappa shape index (κ3) is 2.10. The van der Waals surface area contributed by atoms with Crippen molar-refractivity contribution in [1.29, 1.82) is 0 Å². The fourth-order valence-electron chi connectivity index (χ4n) is 1.65. The van der Waals surface area contributed by atoms with Crippen molar-refractivity contribution in [2.75, 3.05) is 0 Å². The number of halogens is 3. The zero-order valence-electron chi connectivity index (χ0n) is 10.2. The summed E-state index contributed by atoms with van der Waals surface area (Å²) in [5, 5.41) is 7.51. The first-order valence-electron chi connectivity index (χ1n) is 5.38. The van der Waals surface area contributed by atoms with E-state index in [1.54, 1.807) is 0 Å². The minimum absolute atomic E-state index is 0.0658. The van der Waals surface area contributed by atoms with Gasteiger partial charge in [-0.15, -0.1) is 10.2 Å². The molecule has 0 unspecified atom stereocenters. The smallest absolute Gasteiger partial charge is 0.229 e. The van der Waals surface area contributed by atoms with Crippen LogP contribution in [-0.2, 0) is 5.41 Å². The molecule has 0 N–H and O–H groups in total. The highest BCUT2D eigenvalue weighted by Gasteiger charge is 2.27. The quantitative estimate of drug-likeness (QED) is 0.795. The third-order valence-electron chi connectivity index (χ3n) is 2.46. The molecule has 0 radical (unpaired) electrons. The summed E-state index contributed by atoms with van der Waals surface area (Å²) in [6, 6.07) is 3.63. The van der Waals surface area contributed by atoms with Gasteiger partial charge in [-0.2, -0.15) is 0 Å². The summed E-state index contributed by atoms with van der Waals surface area (Å²) in [6.07, 6.45) is 0. The Morgan fingerprint density at radius 3 is 2.17 bits per heavy atom. The summed E-state index contributed by atoms with van der Waals surface area (Å²) in [4.78, 5) is 0. The molecule has 0 atom stereocenters. The normalized spacial score (nSPS) is 11.9. The number of para-hydroxylation sites is 1. The van der Waals surface area contributed by atoms with Crippen LogP contribution in [0, 0.1) is 11.6 Å². The lowest BCUT2D eigenvalue weighted by Gasteiger charge is -2.19. The van der Waals surface area contributed by atoms with E-state index in [4.69, 9.17) is 11.6 Å². The summed E-state index contributed by atoms with van der Waals surface area (Å²) >= 11 is 5.89. The number of nitrogens with zero attached hydrogens (tertiary/aromatic N) is 3. The maximum atomic E-state index is 13.8. The Morgan fingerprint density at radius 1 is 1.11 bits per heavy atom. The van der Waals surface area contributed by atoms with Gasteiger partial charge in [0.05, 0.1) is 0 Å². The molecule has 1 aromatic carbocycles. The Hall–Kier alpha value is -1.49. The highest BCUT2D eigenvalue weighted by Crippen LogP contribution is 2.29. The number of rotatable bonds is 1. The molecule has 1 aromatic heterocycles. The molecule has 0 amide bonds. The Labute approximate surface area is 108 Å². The summed E-state index contributed by atoms with van der Waals surface area (Å²) in [7, 11) is 0. The Kier molecular flexibility index (Phi) is 3.11. The Balaban J connectivity index is 2.76. The van der Waals surface area contributed by atoms with Crippen molar-refractivity contribution in [3.8, 4) is 5.69 Å². The predicted octanol–water partition coefficient (Wildman–Crippen LogP) is 3.50. The van der Waals surface area contributed by atoms with Crippen molar-refractivity contribution < 1.29 is 8.78 Å². The van der Waals surface area contributed by atoms with Gasteiger partial charge in [-0.3, -0.25) is 4.57 Å². The first-order valence-corrected chi connectivity index (χ1v) is 5.76. The van der Waals surface area contributed by atoms with Crippen LogP contribution in [0.15, 0.2) is 18.2 Å². The van der Waals surface area contributed by atoms with Gasteiger partial charge in [0.1, 0.15) is 23.1 Å². The monoisotopic (exact) mass is 271 g/mol. The molecule has 0 spiro atoms. The minimum atomic E-state index is -0.706. The Bertz CT molecular complexity index is 567. The SMILES string of the molecule is CC(C)(C)c1nnc(Cl)n1-c1c(F)cccc1F. The molecule has 0 bridgehead atoms. The first kappa shape index (κ1) is 13.0. The molecule has 18 heavy (non-hydrogen) atoms. The molecule has 0 aliphatic rings. The average molecular weight is 272 g/mol. The van der Waals surface area contributed by atoms with Gasteiger partial charge in [-0.05, 0) is 23.7 Å². The minimum Gasteiger partial charge on any atom is -0.263 e. The zero-order chi connectivity index (χ0) is 13.5. The van der Waals surface area contributed by atoms with Gasteiger partial charge in [0.25, 0.3) is 0 Å². The molecule has 2 rings (SSSR count). The second-order valence-corrected chi connectivity index (χ2v) is 5.29. The van der Waals surface area contributed by atoms with Crippen molar-refractivity contribution in [3.05, 3.63) is 40.9 Å². The van der Waals surface area contributed by atoms with Crippen molar-refractivity contribution in [2.45, 2.75) is 26.2 Å². The van der Waals surface area contributed by atoms with Gasteiger partial charge in [0.2, 0.25) is 5.28 Å². The van der Waals surface area contributed by atoms with Gasteiger partial charge < -0.3 is 0 Å². The molecule has 6 heteroatoms. The number of benzene rings is 1. The molecular formula is C12H12ClF2N3. The van der Waals surface area contributed by atoms with Crippen LogP contribution >= 0.6 is 11.6 Å². The Morgan fingerprint density at radius 2 is 1.67 bits per heavy atom. The molecule has 3 nitrogen and oxygen atoms in total. The van der Waals surface area contributed by atoms with Crippen LogP contribution in [0.4, 0.5) is 8.78 Å². The molecule has 0 aliphatic heterocycles. The van der Waals surface area contributed by atoms with Crippen LogP contribution in [0.25, 0.3) is 5.69 Å². The van der Waals surface area contributed by atoms with Crippen molar-refractivity contribution in [1.82, 2.24) is 14.8 Å². The maximum Gasteiger partial charge on any atom is 0.229 e. The lowest BCUT2D eigenvalue weighted by molar-refractivity contribution is 0.514. The van der Waals surface area contributed by atoms with Crippen LogP contribution in [-0.4, -0.2) is 14.8 Å². The largest absolute Gasteiger partial charge is 0.263 e. The fourth-order valence-corrected chi connectivity index (χ4v) is 1.85. The molecule has 2 aromatic rings. The first-order chi connectivity index (χ1) is 8.32. The fraction of sp³-hybridized carbons (Fsp3) is 0.333. The molecular weight excluding hydrogens is 260 g/mol. The van der Waals surface area contributed by atoms with Crippen LogP contribution < -0.4 is 0 Å². The van der Waals surface area contributed by atoms with Crippen LogP contribution in [0.1, 0.15) is 26.6 Å². The summed E-state index contributed by atoms with van der Waals surface area (Å²) < 4.78 is 28.8. The lowest BCUT2D eigenvalue weighted by Crippen LogP contribution is -2.19.